The van der Waals surface area contributed by atoms with Crippen LogP contribution in [0, 0.1) is 0 Å². The first kappa shape index (κ1) is 36.2. The highest BCUT2D eigenvalue weighted by Gasteiger charge is 2.58. The Labute approximate surface area is 261 Å². The summed E-state index contributed by atoms with van der Waals surface area (Å²) in [6.07, 6.45) is -11.1. The van der Waals surface area contributed by atoms with Crippen LogP contribution in [0.25, 0.3) is 10.4 Å². The smallest absolute Gasteiger partial charge is 0.297 e. The number of halogens is 2. The van der Waals surface area contributed by atoms with E-state index in [1.807, 2.05) is 53.7 Å². The van der Waals surface area contributed by atoms with Crippen LogP contribution in [0.5, 0.6) is 0 Å². The van der Waals surface area contributed by atoms with Crippen molar-refractivity contribution >= 4 is 33.3 Å². The van der Waals surface area contributed by atoms with E-state index in [1.54, 1.807) is 0 Å². The van der Waals surface area contributed by atoms with Crippen molar-refractivity contribution in [3.8, 4) is 0 Å². The predicted molar refractivity (Wildman–Crippen MR) is 158 cm³/mol. The van der Waals surface area contributed by atoms with Gasteiger partial charge in [-0.25, -0.2) is 0 Å². The van der Waals surface area contributed by atoms with Crippen molar-refractivity contribution in [2.45, 2.75) is 118 Å². The highest BCUT2D eigenvalue weighted by Crippen LogP contribution is 2.39. The normalized spacial score (nSPS) is 33.4. The van der Waals surface area contributed by atoms with Crippen molar-refractivity contribution in [2.24, 2.45) is 5.11 Å². The van der Waals surface area contributed by atoms with Crippen LogP contribution in [-0.2, 0) is 28.5 Å². The van der Waals surface area contributed by atoms with E-state index in [2.05, 4.69) is 10.0 Å². The zero-order valence-electron chi connectivity index (χ0n) is 24.9. The molecular weight excluding hydrogens is 629 g/mol. The fraction of sp³-hybridized carbons (Fsp3) is 0.778. The third-order valence-electron chi connectivity index (χ3n) is 7.67. The maximum atomic E-state index is 13.7. The second-order valence-corrected chi connectivity index (χ2v) is 14.1. The molecule has 0 bridgehead atoms. The Morgan fingerprint density at radius 2 is 1.58 bits per heavy atom. The summed E-state index contributed by atoms with van der Waals surface area (Å²) >= 11 is 12.4. The van der Waals surface area contributed by atoms with Crippen molar-refractivity contribution in [3.05, 3.63) is 39.3 Å². The number of hydrogen-bond donors (Lipinski definition) is 4. The molecule has 13 nitrogen and oxygen atoms in total. The average molecular weight is 671 g/mol. The molecule has 2 fully saturated rings. The van der Waals surface area contributed by atoms with Gasteiger partial charge >= 0.3 is 0 Å². The molecule has 1 aromatic carbocycles. The van der Waals surface area contributed by atoms with Crippen LogP contribution in [0.3, 0.4) is 0 Å². The molecule has 4 N–H and O–H groups in total. The summed E-state index contributed by atoms with van der Waals surface area (Å²) in [5, 5.41) is 44.4. The highest BCUT2D eigenvalue weighted by molar-refractivity contribution is 7.86. The van der Waals surface area contributed by atoms with Crippen LogP contribution >= 0.6 is 23.2 Å². The van der Waals surface area contributed by atoms with Crippen LogP contribution in [0.4, 0.5) is 0 Å². The Balaban J connectivity index is 1.88. The van der Waals surface area contributed by atoms with Crippen LogP contribution in [0.1, 0.15) is 76.0 Å². The molecule has 0 aromatic heterocycles. The minimum absolute atomic E-state index is 0.0563. The van der Waals surface area contributed by atoms with E-state index in [0.717, 1.165) is 5.56 Å². The molecule has 0 aliphatic carbocycles. The Hall–Kier alpha value is -1.26. The molecule has 0 spiro atoms. The third-order valence-corrected chi connectivity index (χ3v) is 10.00. The number of aliphatic hydroxyl groups excluding tert-OH is 4. The van der Waals surface area contributed by atoms with Gasteiger partial charge in [-0.15, -0.1) is 23.2 Å². The largest absolute Gasteiger partial charge is 0.389 e. The molecule has 0 unspecified atom stereocenters. The van der Waals surface area contributed by atoms with E-state index in [0.29, 0.717) is 11.1 Å². The zero-order chi connectivity index (χ0) is 32.4. The van der Waals surface area contributed by atoms with Crippen molar-refractivity contribution < 1.29 is 47.2 Å². The van der Waals surface area contributed by atoms with Gasteiger partial charge in [0.15, 0.2) is 6.29 Å². The number of nitrogens with zero attached hydrogens (tertiary/aromatic N) is 3. The fourth-order valence-corrected chi connectivity index (χ4v) is 7.24. The second kappa shape index (κ2) is 14.4. The summed E-state index contributed by atoms with van der Waals surface area (Å²) < 4.78 is 50.0. The molecule has 0 amide bonds. The third kappa shape index (κ3) is 7.59. The predicted octanol–water partition coefficient (Wildman–Crippen LogP) is 3.20. The zero-order valence-corrected chi connectivity index (χ0v) is 27.2. The molecule has 244 valence electrons. The number of aliphatic hydroxyl groups is 4. The summed E-state index contributed by atoms with van der Waals surface area (Å²) in [7, 11) is -4.38. The molecule has 9 atom stereocenters. The Morgan fingerprint density at radius 1 is 1.00 bits per heavy atom. The van der Waals surface area contributed by atoms with Crippen LogP contribution in [0.2, 0.25) is 0 Å². The Morgan fingerprint density at radius 3 is 2.07 bits per heavy atom. The summed E-state index contributed by atoms with van der Waals surface area (Å²) in [5.74, 6) is -2.83. The summed E-state index contributed by atoms with van der Waals surface area (Å²) in [4.78, 5) is 2.65. The maximum absolute atomic E-state index is 13.7. The van der Waals surface area contributed by atoms with Crippen molar-refractivity contribution in [1.82, 2.24) is 0 Å². The van der Waals surface area contributed by atoms with Crippen molar-refractivity contribution in [1.29, 1.82) is 0 Å². The first-order chi connectivity index (χ1) is 20.0. The first-order valence-corrected chi connectivity index (χ1v) is 16.4. The summed E-state index contributed by atoms with van der Waals surface area (Å²) in [6.45, 7) is 10.6. The Kier molecular flexibility index (Phi) is 12.2. The topological polar surface area (TPSA) is 201 Å². The lowest BCUT2D eigenvalue weighted by molar-refractivity contribution is -0.357. The summed E-state index contributed by atoms with van der Waals surface area (Å²) in [6, 6.07) is 3.73. The number of hydrogen-bond acceptors (Lipinski definition) is 11. The number of azide groups is 1. The summed E-state index contributed by atoms with van der Waals surface area (Å²) in [5.41, 5.74) is 10.8. The Bertz CT molecular complexity index is 1250. The first-order valence-electron chi connectivity index (χ1n) is 14.0. The van der Waals surface area contributed by atoms with Crippen LogP contribution < -0.4 is 0 Å². The van der Waals surface area contributed by atoms with E-state index >= 15 is 0 Å². The molecule has 43 heavy (non-hydrogen) atoms. The van der Waals surface area contributed by atoms with E-state index in [1.165, 1.54) is 0 Å². The highest BCUT2D eigenvalue weighted by atomic mass is 35.5. The van der Waals surface area contributed by atoms with Crippen LogP contribution in [-0.4, -0.2) is 102 Å². The van der Waals surface area contributed by atoms with E-state index in [-0.39, 0.29) is 29.2 Å². The fourth-order valence-electron chi connectivity index (χ4n) is 5.08. The van der Waals surface area contributed by atoms with Gasteiger partial charge in [0, 0.05) is 4.91 Å². The molecule has 2 saturated heterocycles. The van der Waals surface area contributed by atoms with Gasteiger partial charge in [0.05, 0.1) is 30.5 Å². The minimum Gasteiger partial charge on any atom is -0.389 e. The number of rotatable bonds is 12. The molecule has 0 saturated carbocycles. The van der Waals surface area contributed by atoms with E-state index < -0.39 is 76.7 Å². The quantitative estimate of drug-likeness (QED) is 0.0842. The number of benzene rings is 1. The molecule has 2 aliphatic heterocycles. The van der Waals surface area contributed by atoms with Gasteiger partial charge in [-0.1, -0.05) is 58.8 Å². The lowest BCUT2D eigenvalue weighted by Gasteiger charge is -2.43. The monoisotopic (exact) mass is 669 g/mol. The minimum atomic E-state index is -4.38. The van der Waals surface area contributed by atoms with Gasteiger partial charge in [0.2, 0.25) is 5.79 Å². The SMILES string of the molecule is CC(C)c1cc(C(C)C)c(S(=O)(=O)OC[C@H]2O[C@H](O[C@]3(CCl)O[C@H](CN=[N+]=[N-])[C@@H](O)[C@@H]3O)[C@H](O)[C@@H](O)[C@H]2Cl)c(C(C)C)c1. The van der Waals surface area contributed by atoms with Gasteiger partial charge in [-0.05, 0) is 40.0 Å². The van der Waals surface area contributed by atoms with Gasteiger partial charge in [0.25, 0.3) is 10.1 Å². The number of ether oxygens (including phenoxy) is 3. The van der Waals surface area contributed by atoms with Gasteiger partial charge in [0.1, 0.15) is 35.4 Å². The van der Waals surface area contributed by atoms with Gasteiger partial charge in [-0.2, -0.15) is 8.42 Å². The van der Waals surface area contributed by atoms with Crippen molar-refractivity contribution in [2.75, 3.05) is 19.0 Å². The molecule has 2 aliphatic rings. The number of alkyl halides is 2. The van der Waals surface area contributed by atoms with Gasteiger partial charge < -0.3 is 34.6 Å². The second-order valence-electron chi connectivity index (χ2n) is 11.8. The van der Waals surface area contributed by atoms with E-state index in [9.17, 15) is 28.8 Å². The molecule has 16 heteroatoms. The molecule has 2 heterocycles. The lowest BCUT2D eigenvalue weighted by atomic mass is 9.89. The van der Waals surface area contributed by atoms with Crippen molar-refractivity contribution in [3.63, 3.8) is 0 Å². The van der Waals surface area contributed by atoms with E-state index in [4.69, 9.17) is 47.1 Å². The van der Waals surface area contributed by atoms with Gasteiger partial charge in [-0.3, -0.25) is 4.18 Å². The van der Waals surface area contributed by atoms with Crippen LogP contribution in [0.15, 0.2) is 22.1 Å². The molecule has 0 radical (unpaired) electrons. The molecule has 1 aromatic rings. The lowest BCUT2D eigenvalue weighted by Crippen LogP contribution is -2.61. The average Bonchev–Trinajstić information content (AvgIpc) is 3.19. The maximum Gasteiger partial charge on any atom is 0.297 e. The standard InChI is InChI=1S/C27H41Cl2N3O10S/c1-12(2)15-7-16(13(3)4)24(17(8-15)14(5)6)43(37,38)39-10-19-20(29)22(34)23(35)26(40-19)42-27(11-28)25(36)21(33)18(41-27)9-31-32-30/h7-8,12-14,18-23,25-26,33-36H,9-11H2,1-6H3/t18-,19-,20+,21-,22+,23-,25+,26-,27+/m1/s1. The molecular formula is C27H41Cl2N3O10S. The molecule has 3 rings (SSSR count).